The van der Waals surface area contributed by atoms with Gasteiger partial charge in [-0.2, -0.15) is 0 Å². The molecule has 0 radical (unpaired) electrons. The van der Waals surface area contributed by atoms with Crippen LogP contribution in [-0.2, 0) is 11.3 Å². The van der Waals surface area contributed by atoms with E-state index in [1.54, 1.807) is 0 Å². The van der Waals surface area contributed by atoms with Gasteiger partial charge in [-0.1, -0.05) is 51.5 Å². The molecule has 0 spiro atoms. The lowest BCUT2D eigenvalue weighted by molar-refractivity contribution is -0.136. The van der Waals surface area contributed by atoms with Crippen molar-refractivity contribution in [1.82, 2.24) is 15.2 Å². The maximum atomic E-state index is 12.3. The molecule has 0 bridgehead atoms. The second kappa shape index (κ2) is 7.96. The molecule has 4 heteroatoms. The van der Waals surface area contributed by atoms with Crippen molar-refractivity contribution in [3.63, 3.8) is 0 Å². The van der Waals surface area contributed by atoms with Crippen LogP contribution in [0.5, 0.6) is 0 Å². The molecule has 1 aromatic heterocycles. The molecule has 2 atom stereocenters. The van der Waals surface area contributed by atoms with Gasteiger partial charge in [-0.15, -0.1) is 0 Å². The van der Waals surface area contributed by atoms with Gasteiger partial charge < -0.3 is 10.2 Å². The fraction of sp³-hybridized carbons (Fsp3) is 0.524. The number of benzene rings is 1. The summed E-state index contributed by atoms with van der Waals surface area (Å²) < 4.78 is 0. The van der Waals surface area contributed by atoms with E-state index in [0.717, 1.165) is 38.0 Å². The molecule has 1 N–H and O–H groups in total. The van der Waals surface area contributed by atoms with Gasteiger partial charge in [0.05, 0.1) is 5.52 Å². The van der Waals surface area contributed by atoms with Gasteiger partial charge in [0.1, 0.15) is 0 Å². The molecule has 0 aliphatic carbocycles. The number of rotatable bonds is 5. The number of carbonyl (C=O) groups is 1. The monoisotopic (exact) mass is 339 g/mol. The third-order valence-electron chi connectivity index (χ3n) is 5.33. The Bertz CT molecular complexity index is 723. The Kier molecular flexibility index (Phi) is 5.69. The zero-order valence-corrected chi connectivity index (χ0v) is 15.5. The number of hydrogen-bond donors (Lipinski definition) is 1. The molecule has 1 fully saturated rings. The van der Waals surface area contributed by atoms with Gasteiger partial charge in [0.25, 0.3) is 0 Å². The summed E-state index contributed by atoms with van der Waals surface area (Å²) >= 11 is 0. The lowest BCUT2D eigenvalue weighted by Crippen LogP contribution is -2.51. The predicted molar refractivity (Wildman–Crippen MR) is 102 cm³/mol. The smallest absolute Gasteiger partial charge is 0.225 e. The first-order valence-electron chi connectivity index (χ1n) is 9.45. The third kappa shape index (κ3) is 4.01. The van der Waals surface area contributed by atoms with E-state index in [-0.39, 0.29) is 11.8 Å². The lowest BCUT2D eigenvalue weighted by atomic mass is 9.89. The molecular weight excluding hydrogens is 310 g/mol. The number of piperidine rings is 1. The summed E-state index contributed by atoms with van der Waals surface area (Å²) in [5.41, 5.74) is 2.33. The van der Waals surface area contributed by atoms with E-state index in [0.29, 0.717) is 12.0 Å². The molecule has 1 amide bonds. The summed E-state index contributed by atoms with van der Waals surface area (Å²) in [5, 5.41) is 4.93. The number of likely N-dealkylation sites (tertiary alicyclic amines) is 1. The summed E-state index contributed by atoms with van der Waals surface area (Å²) in [6.45, 7) is 8.76. The van der Waals surface area contributed by atoms with Crippen molar-refractivity contribution in [1.29, 1.82) is 0 Å². The minimum Gasteiger partial charge on any atom is -0.342 e. The number of nitrogens with one attached hydrogen (secondary N) is 1. The normalized spacial score (nSPS) is 21.0. The highest BCUT2D eigenvalue weighted by Gasteiger charge is 2.30. The number of nitrogens with zero attached hydrogens (tertiary/aromatic N) is 2. The Labute approximate surface area is 150 Å². The Morgan fingerprint density at radius 1 is 1.32 bits per heavy atom. The van der Waals surface area contributed by atoms with Crippen LogP contribution in [0.1, 0.15) is 39.2 Å². The second-order valence-electron chi connectivity index (χ2n) is 7.38. The quantitative estimate of drug-likeness (QED) is 0.905. The van der Waals surface area contributed by atoms with Gasteiger partial charge in [-0.3, -0.25) is 9.78 Å². The van der Waals surface area contributed by atoms with Crippen molar-refractivity contribution < 1.29 is 4.79 Å². The van der Waals surface area contributed by atoms with E-state index < -0.39 is 0 Å². The van der Waals surface area contributed by atoms with Crippen LogP contribution in [0, 0.1) is 11.8 Å². The molecule has 4 nitrogen and oxygen atoms in total. The number of pyridine rings is 1. The van der Waals surface area contributed by atoms with Gasteiger partial charge in [0.2, 0.25) is 5.91 Å². The van der Waals surface area contributed by atoms with Crippen molar-refractivity contribution in [3.8, 4) is 0 Å². The van der Waals surface area contributed by atoms with E-state index in [4.69, 9.17) is 0 Å². The first-order chi connectivity index (χ1) is 12.1. The maximum absolute atomic E-state index is 12.3. The molecule has 0 saturated carbocycles. The average Bonchev–Trinajstić information content (AvgIpc) is 2.65. The summed E-state index contributed by atoms with van der Waals surface area (Å²) in [7, 11) is 0. The van der Waals surface area contributed by atoms with Crippen molar-refractivity contribution >= 4 is 16.8 Å². The summed E-state index contributed by atoms with van der Waals surface area (Å²) in [4.78, 5) is 18.9. The highest BCUT2D eigenvalue weighted by molar-refractivity contribution is 5.81. The minimum absolute atomic E-state index is 0.0868. The number of carbonyl (C=O) groups excluding carboxylic acids is 1. The highest BCUT2D eigenvalue weighted by Crippen LogP contribution is 2.23. The molecule has 134 valence electrons. The Balaban J connectivity index is 1.66. The molecule has 2 heterocycles. The molecule has 1 aromatic carbocycles. The predicted octanol–water partition coefficient (Wildman–Crippen LogP) is 3.61. The van der Waals surface area contributed by atoms with E-state index >= 15 is 0 Å². The summed E-state index contributed by atoms with van der Waals surface area (Å²) in [5.74, 6) is 0.887. The molecule has 1 saturated heterocycles. The number of hydrogen-bond acceptors (Lipinski definition) is 3. The highest BCUT2D eigenvalue weighted by atomic mass is 16.2. The van der Waals surface area contributed by atoms with Crippen molar-refractivity contribution in [2.24, 2.45) is 11.8 Å². The fourth-order valence-electron chi connectivity index (χ4n) is 3.83. The molecule has 3 rings (SSSR count). The zero-order valence-electron chi connectivity index (χ0n) is 15.5. The molecule has 1 aliphatic rings. The first-order valence-corrected chi connectivity index (χ1v) is 9.45. The van der Waals surface area contributed by atoms with Crippen LogP contribution >= 0.6 is 0 Å². The van der Waals surface area contributed by atoms with Gasteiger partial charge >= 0.3 is 0 Å². The summed E-state index contributed by atoms with van der Waals surface area (Å²) in [6, 6.07) is 10.9. The van der Waals surface area contributed by atoms with Crippen LogP contribution in [-0.4, -0.2) is 34.9 Å². The van der Waals surface area contributed by atoms with E-state index in [1.807, 2.05) is 26.1 Å². The number of para-hydroxylation sites is 1. The first kappa shape index (κ1) is 17.9. The number of amides is 1. The molecule has 2 aromatic rings. The van der Waals surface area contributed by atoms with Crippen LogP contribution in [0.3, 0.4) is 0 Å². The lowest BCUT2D eigenvalue weighted by Gasteiger charge is -2.39. The van der Waals surface area contributed by atoms with Gasteiger partial charge in [-0.25, -0.2) is 0 Å². The zero-order chi connectivity index (χ0) is 17.8. The number of fused-ring (bicyclic) bond motifs is 1. The third-order valence-corrected chi connectivity index (χ3v) is 5.33. The second-order valence-corrected chi connectivity index (χ2v) is 7.38. The fourth-order valence-corrected chi connectivity index (χ4v) is 3.83. The SMILES string of the molecule is CC[C@@H]1CN(C(=O)C(C)C)CC[C@@H]1NCc1cccc2cccnc12. The van der Waals surface area contributed by atoms with E-state index in [2.05, 4.69) is 46.4 Å². The van der Waals surface area contributed by atoms with Gasteiger partial charge in [-0.05, 0) is 24.0 Å². The summed E-state index contributed by atoms with van der Waals surface area (Å²) in [6.07, 6.45) is 3.97. The standard InChI is InChI=1S/C21H29N3O/c1-4-16-14-24(21(25)15(2)3)12-10-19(16)23-13-18-8-5-7-17-9-6-11-22-20(17)18/h5-9,11,15-16,19,23H,4,10,12-14H2,1-3H3/t16-,19+/m1/s1. The van der Waals surface area contributed by atoms with Crippen LogP contribution in [0.2, 0.25) is 0 Å². The molecule has 1 aliphatic heterocycles. The number of aromatic nitrogens is 1. The average molecular weight is 339 g/mol. The van der Waals surface area contributed by atoms with Gasteiger partial charge in [0, 0.05) is 43.2 Å². The van der Waals surface area contributed by atoms with E-state index in [1.165, 1.54) is 10.9 Å². The molecular formula is C21H29N3O. The molecule has 25 heavy (non-hydrogen) atoms. The minimum atomic E-state index is 0.0868. The Hall–Kier alpha value is -1.94. The maximum Gasteiger partial charge on any atom is 0.225 e. The van der Waals surface area contributed by atoms with Gasteiger partial charge in [0.15, 0.2) is 0 Å². The van der Waals surface area contributed by atoms with Crippen molar-refractivity contribution in [2.75, 3.05) is 13.1 Å². The largest absolute Gasteiger partial charge is 0.342 e. The van der Waals surface area contributed by atoms with Crippen LogP contribution in [0.25, 0.3) is 10.9 Å². The van der Waals surface area contributed by atoms with Crippen molar-refractivity contribution in [2.45, 2.75) is 46.2 Å². The van der Waals surface area contributed by atoms with Crippen molar-refractivity contribution in [3.05, 3.63) is 42.1 Å². The molecule has 0 unspecified atom stereocenters. The van der Waals surface area contributed by atoms with Crippen LogP contribution in [0.15, 0.2) is 36.5 Å². The Morgan fingerprint density at radius 2 is 2.12 bits per heavy atom. The van der Waals surface area contributed by atoms with E-state index in [9.17, 15) is 4.79 Å². The van der Waals surface area contributed by atoms with Crippen LogP contribution < -0.4 is 5.32 Å². The Morgan fingerprint density at radius 3 is 2.88 bits per heavy atom. The van der Waals surface area contributed by atoms with Crippen LogP contribution in [0.4, 0.5) is 0 Å². The topological polar surface area (TPSA) is 45.2 Å².